The van der Waals surface area contributed by atoms with Crippen molar-refractivity contribution in [1.82, 2.24) is 4.90 Å². The third-order valence-electron chi connectivity index (χ3n) is 4.38. The van der Waals surface area contributed by atoms with E-state index < -0.39 is 0 Å². The van der Waals surface area contributed by atoms with Crippen LogP contribution in [-0.4, -0.2) is 36.1 Å². The summed E-state index contributed by atoms with van der Waals surface area (Å²) in [7, 11) is 1.56. The first-order valence-corrected chi connectivity index (χ1v) is 9.30. The molecule has 3 nitrogen and oxygen atoms in total. The summed E-state index contributed by atoms with van der Waals surface area (Å²) in [4.78, 5) is 14.6. The lowest BCUT2D eigenvalue weighted by molar-refractivity contribution is -0.117. The van der Waals surface area contributed by atoms with Gasteiger partial charge in [-0.3, -0.25) is 4.79 Å². The molecule has 0 N–H and O–H groups in total. The van der Waals surface area contributed by atoms with Crippen LogP contribution in [0.3, 0.4) is 0 Å². The number of aryl methyl sites for hydroxylation is 1. The lowest BCUT2D eigenvalue weighted by atomic mass is 10.1. The van der Waals surface area contributed by atoms with Crippen LogP contribution in [0.15, 0.2) is 65.4 Å². The second-order valence-electron chi connectivity index (χ2n) is 6.00. The van der Waals surface area contributed by atoms with Gasteiger partial charge in [-0.05, 0) is 24.5 Å². The van der Waals surface area contributed by atoms with Crippen LogP contribution in [0.1, 0.15) is 18.4 Å². The average molecular weight is 341 g/mol. The molecule has 0 saturated heterocycles. The Morgan fingerprint density at radius 1 is 1.29 bits per heavy atom. The molecule has 4 heteroatoms. The normalized spacial score (nSPS) is 20.1. The fraction of sp³-hybridized carbons (Fsp3) is 0.350. The number of allylic oxidation sites excluding steroid dienone is 4. The van der Waals surface area contributed by atoms with Crippen molar-refractivity contribution in [2.45, 2.75) is 24.5 Å². The summed E-state index contributed by atoms with van der Waals surface area (Å²) in [6.45, 7) is 1.94. The van der Waals surface area contributed by atoms with Crippen molar-refractivity contribution in [3.05, 3.63) is 71.0 Å². The molecule has 0 aliphatic carbocycles. The van der Waals surface area contributed by atoms with Crippen LogP contribution in [-0.2, 0) is 16.0 Å². The Labute approximate surface area is 148 Å². The molecule has 1 unspecified atom stereocenters. The first-order valence-electron chi connectivity index (χ1n) is 8.36. The van der Waals surface area contributed by atoms with E-state index in [0.29, 0.717) is 5.76 Å². The number of ether oxygens (including phenoxy) is 1. The zero-order chi connectivity index (χ0) is 16.8. The molecule has 0 aromatic heterocycles. The van der Waals surface area contributed by atoms with Gasteiger partial charge in [-0.1, -0.05) is 42.5 Å². The topological polar surface area (TPSA) is 29.5 Å². The summed E-state index contributed by atoms with van der Waals surface area (Å²) in [5, 5.41) is 1.79. The minimum atomic E-state index is -0.0469. The summed E-state index contributed by atoms with van der Waals surface area (Å²) in [5.74, 6) is 0.606. The Bertz CT molecular complexity index is 663. The highest BCUT2D eigenvalue weighted by atomic mass is 32.2. The monoisotopic (exact) mass is 341 g/mol. The number of carbonyl (C=O) groups is 1. The second-order valence-corrected chi connectivity index (χ2v) is 7.08. The molecule has 126 valence electrons. The molecule has 24 heavy (non-hydrogen) atoms. The first-order chi connectivity index (χ1) is 11.8. The molecule has 0 amide bonds. The number of hydrogen-bond donors (Lipinski definition) is 0. The summed E-state index contributed by atoms with van der Waals surface area (Å²) in [5.41, 5.74) is 2.63. The van der Waals surface area contributed by atoms with Crippen molar-refractivity contribution in [2.24, 2.45) is 0 Å². The molecule has 1 aromatic carbocycles. The summed E-state index contributed by atoms with van der Waals surface area (Å²) >= 11 is 1.57. The van der Waals surface area contributed by atoms with Gasteiger partial charge in [-0.15, -0.1) is 11.8 Å². The van der Waals surface area contributed by atoms with Crippen LogP contribution in [0.25, 0.3) is 0 Å². The molecule has 0 bridgehead atoms. The van der Waals surface area contributed by atoms with Gasteiger partial charge < -0.3 is 9.64 Å². The number of rotatable bonds is 7. The van der Waals surface area contributed by atoms with Gasteiger partial charge in [0.15, 0.2) is 5.76 Å². The molecule has 3 rings (SSSR count). The van der Waals surface area contributed by atoms with Crippen LogP contribution in [0, 0.1) is 0 Å². The first kappa shape index (κ1) is 16.9. The van der Waals surface area contributed by atoms with Gasteiger partial charge in [0.2, 0.25) is 5.78 Å². The van der Waals surface area contributed by atoms with E-state index in [2.05, 4.69) is 53.5 Å². The highest BCUT2D eigenvalue weighted by Gasteiger charge is 2.30. The molecule has 0 saturated carbocycles. The number of ketones is 1. The molecule has 2 heterocycles. The Hall–Kier alpha value is -1.94. The van der Waals surface area contributed by atoms with E-state index in [1.165, 1.54) is 11.3 Å². The lowest BCUT2D eigenvalue weighted by Crippen LogP contribution is -2.29. The second kappa shape index (κ2) is 8.25. The van der Waals surface area contributed by atoms with Crippen LogP contribution in [0.2, 0.25) is 0 Å². The predicted octanol–water partition coefficient (Wildman–Crippen LogP) is 3.94. The number of nitrogens with zero attached hydrogens (tertiary/aromatic N) is 1. The third-order valence-corrected chi connectivity index (χ3v) is 5.44. The fourth-order valence-corrected chi connectivity index (χ4v) is 4.05. The Balaban J connectivity index is 1.53. The predicted molar refractivity (Wildman–Crippen MR) is 99.7 cm³/mol. The Morgan fingerprint density at radius 2 is 2.12 bits per heavy atom. The molecule has 0 radical (unpaired) electrons. The maximum atomic E-state index is 12.2. The maximum absolute atomic E-state index is 12.2. The highest BCUT2D eigenvalue weighted by Crippen LogP contribution is 2.33. The molecular formula is C20H23NO2S. The molecular weight excluding hydrogens is 318 g/mol. The van der Waals surface area contributed by atoms with Gasteiger partial charge >= 0.3 is 0 Å². The van der Waals surface area contributed by atoms with Gasteiger partial charge in [0.05, 0.1) is 12.4 Å². The van der Waals surface area contributed by atoms with E-state index in [-0.39, 0.29) is 11.0 Å². The van der Waals surface area contributed by atoms with E-state index >= 15 is 0 Å². The molecule has 0 fully saturated rings. The highest BCUT2D eigenvalue weighted by molar-refractivity contribution is 8.04. The zero-order valence-corrected chi connectivity index (χ0v) is 14.8. The van der Waals surface area contributed by atoms with Gasteiger partial charge in [-0.25, -0.2) is 0 Å². The zero-order valence-electron chi connectivity index (χ0n) is 14.0. The van der Waals surface area contributed by atoms with Crippen molar-refractivity contribution in [2.75, 3.05) is 20.2 Å². The van der Waals surface area contributed by atoms with Gasteiger partial charge in [0.25, 0.3) is 0 Å². The smallest absolute Gasteiger partial charge is 0.211 e. The van der Waals surface area contributed by atoms with Crippen molar-refractivity contribution in [3.8, 4) is 0 Å². The largest absolute Gasteiger partial charge is 0.492 e. The average Bonchev–Trinajstić information content (AvgIpc) is 2.97. The van der Waals surface area contributed by atoms with Crippen LogP contribution < -0.4 is 0 Å². The number of hydrogen-bond acceptors (Lipinski definition) is 4. The number of benzene rings is 1. The molecule has 1 aromatic rings. The maximum Gasteiger partial charge on any atom is 0.211 e. The van der Waals surface area contributed by atoms with E-state index in [4.69, 9.17) is 4.74 Å². The van der Waals surface area contributed by atoms with Crippen LogP contribution in [0.5, 0.6) is 0 Å². The van der Waals surface area contributed by atoms with Gasteiger partial charge in [-0.2, -0.15) is 0 Å². The summed E-state index contributed by atoms with van der Waals surface area (Å²) < 4.78 is 5.13. The Kier molecular flexibility index (Phi) is 5.81. The molecule has 1 atom stereocenters. The van der Waals surface area contributed by atoms with E-state index in [1.807, 2.05) is 5.41 Å². The SMILES string of the molecule is COC1=CSC(CC2=CC=CCN2CCCc2ccccc2)C1=O. The minimum absolute atomic E-state index is 0.0469. The molecule has 2 aliphatic heterocycles. The van der Waals surface area contributed by atoms with Crippen molar-refractivity contribution in [3.63, 3.8) is 0 Å². The van der Waals surface area contributed by atoms with Gasteiger partial charge in [0.1, 0.15) is 0 Å². The van der Waals surface area contributed by atoms with Gasteiger partial charge in [0, 0.05) is 30.6 Å². The third kappa shape index (κ3) is 4.12. The number of methoxy groups -OCH3 is 1. The number of carbonyl (C=O) groups excluding carboxylic acids is 1. The van der Waals surface area contributed by atoms with E-state index in [9.17, 15) is 4.79 Å². The fourth-order valence-electron chi connectivity index (χ4n) is 3.04. The van der Waals surface area contributed by atoms with E-state index in [0.717, 1.165) is 32.4 Å². The summed E-state index contributed by atoms with van der Waals surface area (Å²) in [6, 6.07) is 10.6. The summed E-state index contributed by atoms with van der Waals surface area (Å²) in [6.07, 6.45) is 9.38. The minimum Gasteiger partial charge on any atom is -0.492 e. The standard InChI is InChI=1S/C20H23NO2S/c1-23-18-15-24-19(20(18)22)14-17-11-5-6-12-21(17)13-7-10-16-8-3-2-4-9-16/h2-6,8-9,11,15,19H,7,10,12-14H2,1H3. The van der Waals surface area contributed by atoms with Crippen molar-refractivity contribution < 1.29 is 9.53 Å². The number of thioether (sulfide) groups is 1. The lowest BCUT2D eigenvalue weighted by Gasteiger charge is -2.29. The van der Waals surface area contributed by atoms with Crippen molar-refractivity contribution in [1.29, 1.82) is 0 Å². The van der Waals surface area contributed by atoms with Crippen LogP contribution in [0.4, 0.5) is 0 Å². The number of Topliss-reactive ketones (excluding diaryl/α,β-unsaturated/α-hetero) is 1. The Morgan fingerprint density at radius 3 is 2.88 bits per heavy atom. The van der Waals surface area contributed by atoms with E-state index in [1.54, 1.807) is 18.9 Å². The quantitative estimate of drug-likeness (QED) is 0.751. The molecule has 0 spiro atoms. The van der Waals surface area contributed by atoms with Crippen molar-refractivity contribution >= 4 is 17.5 Å². The molecule has 2 aliphatic rings. The van der Waals surface area contributed by atoms with Crippen LogP contribution >= 0.6 is 11.8 Å².